The molecule has 0 atom stereocenters. The van der Waals surface area contributed by atoms with Crippen LogP contribution in [0.3, 0.4) is 0 Å². The summed E-state index contributed by atoms with van der Waals surface area (Å²) in [4.78, 5) is 3.34. The Bertz CT molecular complexity index is 203. The molecule has 0 aromatic carbocycles. The average Bonchev–Trinajstić information content (AvgIpc) is 2.48. The van der Waals surface area contributed by atoms with Gasteiger partial charge in [-0.25, -0.2) is 0 Å². The first-order chi connectivity index (χ1) is 5.36. The van der Waals surface area contributed by atoms with Crippen LogP contribution in [0.15, 0.2) is 12.1 Å². The van der Waals surface area contributed by atoms with Crippen molar-refractivity contribution in [1.29, 1.82) is 0 Å². The van der Waals surface area contributed by atoms with Crippen LogP contribution in [0.25, 0.3) is 0 Å². The van der Waals surface area contributed by atoms with Crippen molar-refractivity contribution in [2.75, 3.05) is 6.54 Å². The Morgan fingerprint density at radius 2 is 2.00 bits per heavy atom. The fourth-order valence-corrected chi connectivity index (χ4v) is 1.06. The Morgan fingerprint density at radius 1 is 1.27 bits per heavy atom. The third kappa shape index (κ3) is 2.39. The second-order valence-corrected chi connectivity index (χ2v) is 2.64. The molecular formula is C9H16N2. The highest BCUT2D eigenvalue weighted by Crippen LogP contribution is 2.01. The van der Waals surface area contributed by atoms with E-state index in [-0.39, 0.29) is 0 Å². The van der Waals surface area contributed by atoms with E-state index in [9.17, 15) is 0 Å². The number of aromatic amines is 1. The third-order valence-electron chi connectivity index (χ3n) is 1.75. The molecule has 0 aliphatic rings. The smallest absolute Gasteiger partial charge is 0.0357 e. The van der Waals surface area contributed by atoms with E-state index in [1.165, 1.54) is 11.4 Å². The lowest BCUT2D eigenvalue weighted by atomic mass is 10.3. The van der Waals surface area contributed by atoms with Gasteiger partial charge in [0.15, 0.2) is 0 Å². The van der Waals surface area contributed by atoms with E-state index in [2.05, 4.69) is 36.3 Å². The molecule has 11 heavy (non-hydrogen) atoms. The molecule has 0 amide bonds. The molecule has 1 aromatic heterocycles. The molecule has 1 rings (SSSR count). The number of aryl methyl sites for hydroxylation is 1. The summed E-state index contributed by atoms with van der Waals surface area (Å²) in [6.07, 6.45) is 1.09. The van der Waals surface area contributed by atoms with Crippen LogP contribution in [-0.4, -0.2) is 11.5 Å². The van der Waals surface area contributed by atoms with Crippen molar-refractivity contribution in [2.45, 2.75) is 26.8 Å². The summed E-state index contributed by atoms with van der Waals surface area (Å²) in [5.41, 5.74) is 2.60. The first-order valence-corrected chi connectivity index (χ1v) is 4.24. The molecule has 0 aliphatic heterocycles. The molecule has 0 fully saturated rings. The highest BCUT2D eigenvalue weighted by molar-refractivity contribution is 5.12. The molecule has 0 bridgehead atoms. The molecule has 2 heteroatoms. The molecular weight excluding hydrogens is 136 g/mol. The molecule has 0 aliphatic carbocycles. The van der Waals surface area contributed by atoms with Gasteiger partial charge in [-0.15, -0.1) is 0 Å². The number of nitrogens with one attached hydrogen (secondary N) is 2. The first kappa shape index (κ1) is 8.34. The fourth-order valence-electron chi connectivity index (χ4n) is 1.06. The predicted octanol–water partition coefficient (Wildman–Crippen LogP) is 1.69. The molecule has 62 valence electrons. The van der Waals surface area contributed by atoms with Crippen molar-refractivity contribution in [3.05, 3.63) is 23.5 Å². The van der Waals surface area contributed by atoms with E-state index in [1.54, 1.807) is 0 Å². The zero-order valence-electron chi connectivity index (χ0n) is 7.28. The van der Waals surface area contributed by atoms with Crippen molar-refractivity contribution in [1.82, 2.24) is 10.3 Å². The lowest BCUT2D eigenvalue weighted by Gasteiger charge is -1.97. The van der Waals surface area contributed by atoms with Crippen LogP contribution < -0.4 is 5.32 Å². The molecule has 0 spiro atoms. The second kappa shape index (κ2) is 4.19. The maximum Gasteiger partial charge on any atom is 0.0357 e. The lowest BCUT2D eigenvalue weighted by Crippen LogP contribution is -2.11. The van der Waals surface area contributed by atoms with Gasteiger partial charge in [0, 0.05) is 17.9 Å². The Balaban J connectivity index is 2.44. The van der Waals surface area contributed by atoms with Gasteiger partial charge in [-0.05, 0) is 25.1 Å². The van der Waals surface area contributed by atoms with Crippen LogP contribution in [-0.2, 0) is 13.0 Å². The van der Waals surface area contributed by atoms with Gasteiger partial charge in [0.1, 0.15) is 0 Å². The second-order valence-electron chi connectivity index (χ2n) is 2.64. The highest BCUT2D eigenvalue weighted by atomic mass is 14.9. The van der Waals surface area contributed by atoms with Crippen LogP contribution in [0.2, 0.25) is 0 Å². The fraction of sp³-hybridized carbons (Fsp3) is 0.556. The molecule has 2 nitrogen and oxygen atoms in total. The Morgan fingerprint density at radius 3 is 2.55 bits per heavy atom. The van der Waals surface area contributed by atoms with Gasteiger partial charge in [0.05, 0.1) is 0 Å². The van der Waals surface area contributed by atoms with E-state index in [0.29, 0.717) is 0 Å². The Kier molecular flexibility index (Phi) is 3.17. The summed E-state index contributed by atoms with van der Waals surface area (Å²) >= 11 is 0. The van der Waals surface area contributed by atoms with Crippen LogP contribution >= 0.6 is 0 Å². The summed E-state index contributed by atoms with van der Waals surface area (Å²) in [6.45, 7) is 6.25. The monoisotopic (exact) mass is 152 g/mol. The van der Waals surface area contributed by atoms with Gasteiger partial charge < -0.3 is 10.3 Å². The molecule has 0 saturated heterocycles. The van der Waals surface area contributed by atoms with Crippen molar-refractivity contribution in [3.8, 4) is 0 Å². The maximum absolute atomic E-state index is 3.34. The third-order valence-corrected chi connectivity index (χ3v) is 1.75. The van der Waals surface area contributed by atoms with Crippen molar-refractivity contribution < 1.29 is 0 Å². The van der Waals surface area contributed by atoms with Gasteiger partial charge >= 0.3 is 0 Å². The first-order valence-electron chi connectivity index (χ1n) is 4.24. The Hall–Kier alpha value is -0.760. The van der Waals surface area contributed by atoms with E-state index in [0.717, 1.165) is 19.5 Å². The summed E-state index contributed by atoms with van der Waals surface area (Å²) < 4.78 is 0. The summed E-state index contributed by atoms with van der Waals surface area (Å²) in [6, 6.07) is 4.29. The minimum Gasteiger partial charge on any atom is -0.361 e. The number of rotatable bonds is 4. The standard InChI is InChI=1S/C9H16N2/c1-3-8-5-6-9(11-8)7-10-4-2/h5-6,10-11H,3-4,7H2,1-2H3. The van der Waals surface area contributed by atoms with Crippen molar-refractivity contribution in [3.63, 3.8) is 0 Å². The van der Waals surface area contributed by atoms with Gasteiger partial charge in [-0.3, -0.25) is 0 Å². The maximum atomic E-state index is 3.34. The van der Waals surface area contributed by atoms with Crippen molar-refractivity contribution in [2.24, 2.45) is 0 Å². The topological polar surface area (TPSA) is 27.8 Å². The van der Waals surface area contributed by atoms with E-state index in [4.69, 9.17) is 0 Å². The minimum atomic E-state index is 0.955. The van der Waals surface area contributed by atoms with E-state index < -0.39 is 0 Å². The number of H-pyrrole nitrogens is 1. The number of hydrogen-bond donors (Lipinski definition) is 2. The zero-order chi connectivity index (χ0) is 8.10. The normalized spacial score (nSPS) is 10.4. The lowest BCUT2D eigenvalue weighted by molar-refractivity contribution is 0.712. The van der Waals surface area contributed by atoms with Gasteiger partial charge in [0.25, 0.3) is 0 Å². The molecule has 1 heterocycles. The van der Waals surface area contributed by atoms with Gasteiger partial charge in [-0.1, -0.05) is 13.8 Å². The summed E-state index contributed by atoms with van der Waals surface area (Å²) in [5.74, 6) is 0. The van der Waals surface area contributed by atoms with Crippen LogP contribution in [0.1, 0.15) is 25.2 Å². The average molecular weight is 152 g/mol. The zero-order valence-corrected chi connectivity index (χ0v) is 7.28. The van der Waals surface area contributed by atoms with Crippen LogP contribution in [0.4, 0.5) is 0 Å². The Labute approximate surface area is 68.0 Å². The minimum absolute atomic E-state index is 0.955. The quantitative estimate of drug-likeness (QED) is 0.675. The number of hydrogen-bond acceptors (Lipinski definition) is 1. The van der Waals surface area contributed by atoms with E-state index in [1.807, 2.05) is 0 Å². The largest absolute Gasteiger partial charge is 0.361 e. The van der Waals surface area contributed by atoms with Crippen LogP contribution in [0.5, 0.6) is 0 Å². The molecule has 1 aromatic rings. The summed E-state index contributed by atoms with van der Waals surface area (Å²) in [5, 5.41) is 3.27. The van der Waals surface area contributed by atoms with Gasteiger partial charge in [0.2, 0.25) is 0 Å². The van der Waals surface area contributed by atoms with Crippen molar-refractivity contribution >= 4 is 0 Å². The van der Waals surface area contributed by atoms with Gasteiger partial charge in [-0.2, -0.15) is 0 Å². The number of aromatic nitrogens is 1. The predicted molar refractivity (Wildman–Crippen MR) is 47.6 cm³/mol. The molecule has 0 unspecified atom stereocenters. The van der Waals surface area contributed by atoms with E-state index >= 15 is 0 Å². The molecule has 0 radical (unpaired) electrons. The molecule has 2 N–H and O–H groups in total. The molecule has 0 saturated carbocycles. The van der Waals surface area contributed by atoms with Crippen LogP contribution in [0, 0.1) is 0 Å². The highest BCUT2D eigenvalue weighted by Gasteiger charge is 1.94. The summed E-state index contributed by atoms with van der Waals surface area (Å²) in [7, 11) is 0. The SMILES string of the molecule is CCNCc1ccc(CC)[nH]1.